The zero-order valence-electron chi connectivity index (χ0n) is 17.6. The van der Waals surface area contributed by atoms with Crippen LogP contribution in [0, 0.1) is 5.92 Å². The number of hydrogen-bond acceptors (Lipinski definition) is 6. The highest BCUT2D eigenvalue weighted by Crippen LogP contribution is 2.46. The number of hydrogen-bond donors (Lipinski definition) is 1. The first-order chi connectivity index (χ1) is 15.0. The molecule has 1 N–H and O–H groups in total. The molecule has 2 saturated heterocycles. The zero-order valence-corrected chi connectivity index (χ0v) is 18.3. The molecule has 1 aromatic carbocycles. The fourth-order valence-corrected chi connectivity index (χ4v) is 4.98. The molecule has 2 heterocycles. The van der Waals surface area contributed by atoms with E-state index in [1.165, 1.54) is 9.96 Å². The molecule has 0 bridgehead atoms. The Kier molecular flexibility index (Phi) is 6.91. The van der Waals surface area contributed by atoms with Crippen LogP contribution in [0.25, 0.3) is 0 Å². The summed E-state index contributed by atoms with van der Waals surface area (Å²) < 4.78 is 4.96. The molecule has 0 aromatic heterocycles. The van der Waals surface area contributed by atoms with Gasteiger partial charge in [-0.1, -0.05) is 43.0 Å². The lowest BCUT2D eigenvalue weighted by Crippen LogP contribution is -2.45. The van der Waals surface area contributed by atoms with E-state index in [1.807, 2.05) is 12.1 Å². The average Bonchev–Trinajstić information content (AvgIpc) is 3.24. The van der Waals surface area contributed by atoms with Crippen LogP contribution in [0.5, 0.6) is 0 Å². The molecule has 3 aliphatic rings. The SMILES string of the molecule is COCCNC(=O)CN1OC2C(=O)N(C3CCCCC3)C(=O)C2C1c1ccc(Cl)cc1. The van der Waals surface area contributed by atoms with Gasteiger partial charge in [-0.2, -0.15) is 5.06 Å². The number of hydroxylamine groups is 2. The van der Waals surface area contributed by atoms with Gasteiger partial charge in [0.1, 0.15) is 6.54 Å². The summed E-state index contributed by atoms with van der Waals surface area (Å²) in [5, 5.41) is 4.79. The van der Waals surface area contributed by atoms with E-state index in [2.05, 4.69) is 5.32 Å². The topological polar surface area (TPSA) is 88.2 Å². The third kappa shape index (κ3) is 4.48. The monoisotopic (exact) mass is 449 g/mol. The Morgan fingerprint density at radius 2 is 1.87 bits per heavy atom. The molecule has 31 heavy (non-hydrogen) atoms. The van der Waals surface area contributed by atoms with E-state index in [4.69, 9.17) is 21.2 Å². The van der Waals surface area contributed by atoms with Crippen molar-refractivity contribution in [2.45, 2.75) is 50.3 Å². The van der Waals surface area contributed by atoms with E-state index in [1.54, 1.807) is 19.2 Å². The van der Waals surface area contributed by atoms with Crippen molar-refractivity contribution in [1.29, 1.82) is 0 Å². The predicted molar refractivity (Wildman–Crippen MR) is 113 cm³/mol. The second-order valence-electron chi connectivity index (χ2n) is 8.30. The first kappa shape index (κ1) is 22.2. The van der Waals surface area contributed by atoms with Gasteiger partial charge in [-0.05, 0) is 30.5 Å². The van der Waals surface area contributed by atoms with Gasteiger partial charge in [0.15, 0.2) is 6.10 Å². The van der Waals surface area contributed by atoms with E-state index in [-0.39, 0.29) is 30.3 Å². The normalized spacial score (nSPS) is 27.0. The molecule has 3 unspecified atom stereocenters. The minimum atomic E-state index is -0.901. The number of fused-ring (bicyclic) bond motifs is 1. The molecule has 1 aliphatic carbocycles. The maximum Gasteiger partial charge on any atom is 0.261 e. The molecular weight excluding hydrogens is 422 g/mol. The van der Waals surface area contributed by atoms with Gasteiger partial charge in [-0.3, -0.25) is 24.1 Å². The van der Waals surface area contributed by atoms with Crippen molar-refractivity contribution in [1.82, 2.24) is 15.3 Å². The largest absolute Gasteiger partial charge is 0.383 e. The van der Waals surface area contributed by atoms with Crippen LogP contribution in [-0.4, -0.2) is 66.6 Å². The summed E-state index contributed by atoms with van der Waals surface area (Å²) in [7, 11) is 1.56. The number of nitrogens with one attached hydrogen (secondary N) is 1. The lowest BCUT2D eigenvalue weighted by atomic mass is 9.90. The number of carbonyl (C=O) groups excluding carboxylic acids is 3. The van der Waals surface area contributed by atoms with Gasteiger partial charge in [0.05, 0.1) is 18.6 Å². The van der Waals surface area contributed by atoms with Gasteiger partial charge in [-0.15, -0.1) is 0 Å². The van der Waals surface area contributed by atoms with Crippen LogP contribution in [0.15, 0.2) is 24.3 Å². The average molecular weight is 450 g/mol. The molecule has 168 valence electrons. The van der Waals surface area contributed by atoms with Crippen molar-refractivity contribution in [2.24, 2.45) is 5.92 Å². The van der Waals surface area contributed by atoms with Crippen molar-refractivity contribution in [3.8, 4) is 0 Å². The summed E-state index contributed by atoms with van der Waals surface area (Å²) in [5.41, 5.74) is 0.785. The number of rotatable bonds is 7. The van der Waals surface area contributed by atoms with E-state index < -0.39 is 18.1 Å². The van der Waals surface area contributed by atoms with Gasteiger partial charge in [0.25, 0.3) is 5.91 Å². The summed E-state index contributed by atoms with van der Waals surface area (Å²) in [6.07, 6.45) is 3.96. The number of amides is 3. The molecule has 9 heteroatoms. The van der Waals surface area contributed by atoms with E-state index >= 15 is 0 Å². The molecule has 2 aliphatic heterocycles. The van der Waals surface area contributed by atoms with E-state index in [9.17, 15) is 14.4 Å². The van der Waals surface area contributed by atoms with E-state index in [0.29, 0.717) is 18.2 Å². The van der Waals surface area contributed by atoms with Gasteiger partial charge >= 0.3 is 0 Å². The Morgan fingerprint density at radius 3 is 2.55 bits per heavy atom. The van der Waals surface area contributed by atoms with Crippen molar-refractivity contribution >= 4 is 29.3 Å². The number of halogens is 1. The van der Waals surface area contributed by atoms with Crippen LogP contribution in [0.4, 0.5) is 0 Å². The molecule has 3 atom stereocenters. The first-order valence-electron chi connectivity index (χ1n) is 10.8. The maximum atomic E-state index is 13.4. The second kappa shape index (κ2) is 9.65. The Bertz CT molecular complexity index is 827. The van der Waals surface area contributed by atoms with Gasteiger partial charge in [0.2, 0.25) is 11.8 Å². The van der Waals surface area contributed by atoms with Gasteiger partial charge in [0, 0.05) is 24.7 Å². The van der Waals surface area contributed by atoms with Crippen LogP contribution in [0.1, 0.15) is 43.7 Å². The fourth-order valence-electron chi connectivity index (χ4n) is 4.85. The zero-order chi connectivity index (χ0) is 22.0. The minimum absolute atomic E-state index is 0.0559. The smallest absolute Gasteiger partial charge is 0.261 e. The van der Waals surface area contributed by atoms with Crippen LogP contribution >= 0.6 is 11.6 Å². The Hall–Kier alpha value is -2.00. The minimum Gasteiger partial charge on any atom is -0.383 e. The maximum absolute atomic E-state index is 13.4. The summed E-state index contributed by atoms with van der Waals surface area (Å²) >= 11 is 6.05. The molecule has 0 spiro atoms. The standard InChI is InChI=1S/C22H28ClN3O5/c1-30-12-11-24-17(27)13-25-19(14-7-9-15(23)10-8-14)18-20(31-25)22(29)26(21(18)28)16-5-3-2-4-6-16/h7-10,16,18-20H,2-6,11-13H2,1H3,(H,24,27). The predicted octanol–water partition coefficient (Wildman–Crippen LogP) is 2.08. The highest BCUT2D eigenvalue weighted by molar-refractivity contribution is 6.30. The van der Waals surface area contributed by atoms with Crippen LogP contribution in [0.2, 0.25) is 5.02 Å². The number of methoxy groups -OCH3 is 1. The second-order valence-corrected chi connectivity index (χ2v) is 8.74. The summed E-state index contributed by atoms with van der Waals surface area (Å²) in [6.45, 7) is 0.675. The van der Waals surface area contributed by atoms with Crippen LogP contribution < -0.4 is 5.32 Å². The Morgan fingerprint density at radius 1 is 1.16 bits per heavy atom. The van der Waals surface area contributed by atoms with Crippen molar-refractivity contribution < 1.29 is 24.0 Å². The summed E-state index contributed by atoms with van der Waals surface area (Å²) in [5.74, 6) is -1.44. The number of imide groups is 1. The number of ether oxygens (including phenoxy) is 1. The third-order valence-corrected chi connectivity index (χ3v) is 6.56. The summed E-state index contributed by atoms with van der Waals surface area (Å²) in [4.78, 5) is 46.4. The molecular formula is C22H28ClN3O5. The van der Waals surface area contributed by atoms with Gasteiger partial charge in [-0.25, -0.2) is 0 Å². The lowest BCUT2D eigenvalue weighted by molar-refractivity contribution is -0.184. The molecule has 0 radical (unpaired) electrons. The number of benzene rings is 1. The fraction of sp³-hybridized carbons (Fsp3) is 0.591. The molecule has 1 aromatic rings. The first-order valence-corrected chi connectivity index (χ1v) is 11.2. The highest BCUT2D eigenvalue weighted by Gasteiger charge is 2.60. The Balaban J connectivity index is 1.58. The third-order valence-electron chi connectivity index (χ3n) is 6.31. The molecule has 3 fully saturated rings. The van der Waals surface area contributed by atoms with Crippen molar-refractivity contribution in [3.63, 3.8) is 0 Å². The van der Waals surface area contributed by atoms with Crippen molar-refractivity contribution in [3.05, 3.63) is 34.9 Å². The van der Waals surface area contributed by atoms with Crippen molar-refractivity contribution in [2.75, 3.05) is 26.8 Å². The summed E-state index contributed by atoms with van der Waals surface area (Å²) in [6, 6.07) is 6.51. The van der Waals surface area contributed by atoms with Crippen LogP contribution in [-0.2, 0) is 24.0 Å². The molecule has 1 saturated carbocycles. The molecule has 3 amide bonds. The molecule has 8 nitrogen and oxygen atoms in total. The quantitative estimate of drug-likeness (QED) is 0.506. The Labute approximate surface area is 186 Å². The van der Waals surface area contributed by atoms with Gasteiger partial charge < -0.3 is 10.1 Å². The number of likely N-dealkylation sites (tertiary alicyclic amines) is 1. The van der Waals surface area contributed by atoms with E-state index in [0.717, 1.165) is 37.7 Å². The number of nitrogens with zero attached hydrogens (tertiary/aromatic N) is 2. The number of carbonyl (C=O) groups is 3. The molecule has 4 rings (SSSR count). The lowest BCUT2D eigenvalue weighted by Gasteiger charge is -2.32. The van der Waals surface area contributed by atoms with Crippen LogP contribution in [0.3, 0.4) is 0 Å². The highest BCUT2D eigenvalue weighted by atomic mass is 35.5.